The number of nitrogens with one attached hydrogen (secondary N) is 2. The van der Waals surface area contributed by atoms with Gasteiger partial charge in [0.1, 0.15) is 11.2 Å². The standard InChI is InChI=1S/C47H53N5O6/c1-7-8-21-57-46(56)51(28-36-17-18-43(53)49-36)27-35-26-48-42-25-33(19-20-52(42)44(35)54)39-12-10-14-41(30(39)3)40-13-9-11-38(29(40)2)32-16-15-31-23-37(24-34(31)22-32)50-45(55)58-47(4,5)6/h9-16,19-20,22,25-26,36-37H,7-8,17-18,21,23-24,27-28H2,1-6H3,(H,49,53)(H,50,55)/t36-,37?/m0/s1. The first kappa shape index (κ1) is 40.2. The van der Waals surface area contributed by atoms with Gasteiger partial charge >= 0.3 is 12.2 Å². The van der Waals surface area contributed by atoms with Crippen molar-refractivity contribution in [3.8, 4) is 33.4 Å². The molecule has 11 nitrogen and oxygen atoms in total. The summed E-state index contributed by atoms with van der Waals surface area (Å²) in [6.45, 7) is 12.5. The number of amides is 3. The van der Waals surface area contributed by atoms with Gasteiger partial charge in [-0.3, -0.25) is 14.0 Å². The van der Waals surface area contributed by atoms with Crippen LogP contribution in [0.5, 0.6) is 0 Å². The Kier molecular flexibility index (Phi) is 11.7. The lowest BCUT2D eigenvalue weighted by Gasteiger charge is -2.25. The van der Waals surface area contributed by atoms with Crippen molar-refractivity contribution in [2.24, 2.45) is 0 Å². The SMILES string of the molecule is CCCCOC(=O)N(Cc1cnc2cc(-c3cccc(-c4cccc(-c5ccc6c(c5)CC(NC(=O)OC(C)(C)C)C6)c4C)c3C)ccn2c1=O)C[C@@H]1CCC(=O)N1. The summed E-state index contributed by atoms with van der Waals surface area (Å²) in [4.78, 5) is 57.4. The summed E-state index contributed by atoms with van der Waals surface area (Å²) in [6, 6.07) is 23.0. The summed E-state index contributed by atoms with van der Waals surface area (Å²) in [6.07, 6.45) is 6.56. The van der Waals surface area contributed by atoms with Crippen molar-refractivity contribution < 1.29 is 23.9 Å². The van der Waals surface area contributed by atoms with Crippen molar-refractivity contribution in [3.05, 3.63) is 117 Å². The molecule has 1 fully saturated rings. The Morgan fingerprint density at radius 1 is 0.914 bits per heavy atom. The van der Waals surface area contributed by atoms with E-state index in [2.05, 4.69) is 84.1 Å². The number of nitrogens with zero attached hydrogens (tertiary/aromatic N) is 3. The Morgan fingerprint density at radius 2 is 1.59 bits per heavy atom. The van der Waals surface area contributed by atoms with Gasteiger partial charge in [-0.1, -0.05) is 67.9 Å². The summed E-state index contributed by atoms with van der Waals surface area (Å²) in [5.41, 5.74) is 11.3. The molecule has 0 bridgehead atoms. The van der Waals surface area contributed by atoms with Gasteiger partial charge in [0.25, 0.3) is 5.56 Å². The van der Waals surface area contributed by atoms with Gasteiger partial charge in [0.05, 0.1) is 18.7 Å². The second kappa shape index (κ2) is 16.9. The lowest BCUT2D eigenvalue weighted by atomic mass is 9.88. The predicted octanol–water partition coefficient (Wildman–Crippen LogP) is 8.32. The molecule has 2 N–H and O–H groups in total. The lowest BCUT2D eigenvalue weighted by Crippen LogP contribution is -2.43. The largest absolute Gasteiger partial charge is 0.449 e. The van der Waals surface area contributed by atoms with E-state index in [0.717, 1.165) is 64.6 Å². The first-order valence-electron chi connectivity index (χ1n) is 20.3. The van der Waals surface area contributed by atoms with Gasteiger partial charge in [-0.05, 0) is 128 Å². The Hall–Kier alpha value is -5.97. The smallest absolute Gasteiger partial charge is 0.410 e. The number of aromatic nitrogens is 2. The number of carbonyl (C=O) groups excluding carboxylic acids is 3. The van der Waals surface area contributed by atoms with Gasteiger partial charge in [-0.2, -0.15) is 0 Å². The van der Waals surface area contributed by atoms with E-state index in [4.69, 9.17) is 9.47 Å². The number of alkyl carbamates (subject to hydrolysis) is 1. The van der Waals surface area contributed by atoms with Crippen molar-refractivity contribution in [2.45, 2.75) is 104 Å². The summed E-state index contributed by atoms with van der Waals surface area (Å²) >= 11 is 0. The van der Waals surface area contributed by atoms with Crippen molar-refractivity contribution >= 4 is 23.7 Å². The fourth-order valence-corrected chi connectivity index (χ4v) is 8.12. The topological polar surface area (TPSA) is 131 Å². The van der Waals surface area contributed by atoms with Crippen LogP contribution in [-0.2, 0) is 33.7 Å². The zero-order valence-electron chi connectivity index (χ0n) is 34.3. The van der Waals surface area contributed by atoms with E-state index in [1.165, 1.54) is 32.2 Å². The Labute approximate surface area is 339 Å². The number of rotatable bonds is 11. The second-order valence-corrected chi connectivity index (χ2v) is 16.6. The molecule has 0 saturated carbocycles. The number of fused-ring (bicyclic) bond motifs is 2. The molecule has 2 atom stereocenters. The molecule has 0 spiro atoms. The number of hydrogen-bond donors (Lipinski definition) is 2. The average Bonchev–Trinajstić information content (AvgIpc) is 3.79. The normalized spacial score (nSPS) is 16.2. The Bertz CT molecular complexity index is 2430. The predicted molar refractivity (Wildman–Crippen MR) is 226 cm³/mol. The molecule has 5 aromatic rings. The Morgan fingerprint density at radius 3 is 2.24 bits per heavy atom. The van der Waals surface area contributed by atoms with Crippen LogP contribution in [0.2, 0.25) is 0 Å². The Balaban J connectivity index is 1.12. The molecule has 11 heteroatoms. The van der Waals surface area contributed by atoms with E-state index in [-0.39, 0.29) is 42.7 Å². The highest BCUT2D eigenvalue weighted by Crippen LogP contribution is 2.38. The number of benzene rings is 3. The van der Waals surface area contributed by atoms with Crippen LogP contribution in [0.3, 0.4) is 0 Å². The summed E-state index contributed by atoms with van der Waals surface area (Å²) in [5.74, 6) is -0.0432. The van der Waals surface area contributed by atoms with E-state index in [1.54, 1.807) is 6.20 Å². The molecule has 3 heterocycles. The molecule has 302 valence electrons. The molecule has 3 aromatic carbocycles. The fraction of sp³-hybridized carbons (Fsp3) is 0.383. The molecule has 58 heavy (non-hydrogen) atoms. The summed E-state index contributed by atoms with van der Waals surface area (Å²) in [7, 11) is 0. The van der Waals surface area contributed by atoms with Crippen molar-refractivity contribution in [3.63, 3.8) is 0 Å². The number of carbonyl (C=O) groups is 3. The maximum Gasteiger partial charge on any atom is 0.410 e. The third-order valence-electron chi connectivity index (χ3n) is 11.1. The maximum atomic E-state index is 13.8. The van der Waals surface area contributed by atoms with Crippen molar-refractivity contribution in [2.75, 3.05) is 13.2 Å². The zero-order valence-corrected chi connectivity index (χ0v) is 34.3. The van der Waals surface area contributed by atoms with Crippen LogP contribution in [-0.4, -0.2) is 63.2 Å². The maximum absolute atomic E-state index is 13.8. The first-order chi connectivity index (χ1) is 27.8. The minimum atomic E-state index is -0.545. The minimum Gasteiger partial charge on any atom is -0.449 e. The number of ether oxygens (including phenoxy) is 2. The van der Waals surface area contributed by atoms with Crippen LogP contribution in [0.4, 0.5) is 9.59 Å². The average molecular weight is 784 g/mol. The van der Waals surface area contributed by atoms with E-state index >= 15 is 0 Å². The van der Waals surface area contributed by atoms with Gasteiger partial charge in [0.15, 0.2) is 0 Å². The molecule has 7 rings (SSSR count). The van der Waals surface area contributed by atoms with Crippen LogP contribution in [0.25, 0.3) is 39.0 Å². The van der Waals surface area contributed by atoms with Gasteiger partial charge in [-0.15, -0.1) is 0 Å². The van der Waals surface area contributed by atoms with E-state index in [9.17, 15) is 19.2 Å². The summed E-state index contributed by atoms with van der Waals surface area (Å²) < 4.78 is 12.5. The highest BCUT2D eigenvalue weighted by Gasteiger charge is 2.28. The van der Waals surface area contributed by atoms with Gasteiger partial charge in [0.2, 0.25) is 5.91 Å². The van der Waals surface area contributed by atoms with Crippen LogP contribution < -0.4 is 16.2 Å². The molecule has 1 aliphatic carbocycles. The van der Waals surface area contributed by atoms with Gasteiger partial charge in [0, 0.05) is 37.4 Å². The van der Waals surface area contributed by atoms with Crippen LogP contribution in [0, 0.1) is 13.8 Å². The third kappa shape index (κ3) is 8.93. The number of pyridine rings is 1. The number of unbranched alkanes of at least 4 members (excludes halogenated alkanes) is 1. The van der Waals surface area contributed by atoms with Crippen LogP contribution in [0.15, 0.2) is 83.9 Å². The third-order valence-corrected chi connectivity index (χ3v) is 11.1. The van der Waals surface area contributed by atoms with Gasteiger partial charge < -0.3 is 25.0 Å². The molecular formula is C47H53N5O6. The number of hydrogen-bond acceptors (Lipinski definition) is 7. The molecule has 1 saturated heterocycles. The molecule has 1 unspecified atom stereocenters. The van der Waals surface area contributed by atoms with E-state index < -0.39 is 11.7 Å². The van der Waals surface area contributed by atoms with Crippen LogP contribution >= 0.6 is 0 Å². The minimum absolute atomic E-state index is 0.00165. The second-order valence-electron chi connectivity index (χ2n) is 16.6. The van der Waals surface area contributed by atoms with Crippen molar-refractivity contribution in [1.82, 2.24) is 24.9 Å². The first-order valence-corrected chi connectivity index (χ1v) is 20.3. The van der Waals surface area contributed by atoms with Gasteiger partial charge in [-0.25, -0.2) is 14.6 Å². The monoisotopic (exact) mass is 783 g/mol. The van der Waals surface area contributed by atoms with E-state index in [0.29, 0.717) is 30.7 Å². The molecule has 2 aliphatic rings. The molecule has 0 radical (unpaired) electrons. The quantitative estimate of drug-likeness (QED) is 0.129. The zero-order chi connectivity index (χ0) is 41.1. The molecule has 2 aromatic heterocycles. The molecular weight excluding hydrogens is 731 g/mol. The highest BCUT2D eigenvalue weighted by molar-refractivity contribution is 5.84. The summed E-state index contributed by atoms with van der Waals surface area (Å²) in [5, 5.41) is 5.95. The van der Waals surface area contributed by atoms with Crippen molar-refractivity contribution in [1.29, 1.82) is 0 Å². The lowest BCUT2D eigenvalue weighted by molar-refractivity contribution is -0.119. The highest BCUT2D eigenvalue weighted by atomic mass is 16.6. The van der Waals surface area contributed by atoms with E-state index in [1.807, 2.05) is 39.8 Å². The van der Waals surface area contributed by atoms with Crippen LogP contribution in [0.1, 0.15) is 81.2 Å². The molecule has 3 amide bonds. The fourth-order valence-electron chi connectivity index (χ4n) is 8.12. The molecule has 1 aliphatic heterocycles.